The van der Waals surface area contributed by atoms with Crippen molar-refractivity contribution in [1.29, 1.82) is 0 Å². The molecule has 0 aliphatic carbocycles. The molecule has 0 saturated heterocycles. The van der Waals surface area contributed by atoms with Crippen molar-refractivity contribution >= 4 is 7.60 Å². The summed E-state index contributed by atoms with van der Waals surface area (Å²) in [6.45, 7) is 7.90. The number of aryl methyl sites for hydroxylation is 4. The Balaban J connectivity index is 1.39. The first kappa shape index (κ1) is 28.3. The lowest BCUT2D eigenvalue weighted by Crippen LogP contribution is -2.27. The maximum absolute atomic E-state index is 14.4. The molecule has 1 aromatic heterocycles. The summed E-state index contributed by atoms with van der Waals surface area (Å²) < 4.78 is 26.6. The van der Waals surface area contributed by atoms with E-state index in [1.165, 1.54) is 0 Å². The fraction of sp³-hybridized carbons (Fsp3) is 0.219. The number of hydrogen-bond donors (Lipinski definition) is 2. The van der Waals surface area contributed by atoms with Gasteiger partial charge < -0.3 is 9.05 Å². The van der Waals surface area contributed by atoms with E-state index in [2.05, 4.69) is 62.3 Å². The van der Waals surface area contributed by atoms with Crippen molar-refractivity contribution in [2.45, 2.75) is 40.2 Å². The third-order valence-corrected chi connectivity index (χ3v) is 8.13. The molecule has 0 unspecified atom stereocenters. The van der Waals surface area contributed by atoms with Gasteiger partial charge in [-0.05, 0) is 97.3 Å². The summed E-state index contributed by atoms with van der Waals surface area (Å²) in [5, 5.41) is 18.1. The van der Waals surface area contributed by atoms with Crippen LogP contribution in [0.15, 0.2) is 91.0 Å². The molecule has 0 fully saturated rings. The van der Waals surface area contributed by atoms with Gasteiger partial charge in [-0.1, -0.05) is 71.9 Å². The maximum atomic E-state index is 14.4. The van der Waals surface area contributed by atoms with Gasteiger partial charge in [0.05, 0.1) is 6.04 Å². The van der Waals surface area contributed by atoms with Gasteiger partial charge in [0.1, 0.15) is 17.8 Å². The molecule has 41 heavy (non-hydrogen) atoms. The lowest BCUT2D eigenvalue weighted by Gasteiger charge is -2.24. The molecule has 0 radical (unpaired) electrons. The summed E-state index contributed by atoms with van der Waals surface area (Å²) in [5.41, 5.74) is 7.38. The van der Waals surface area contributed by atoms with E-state index in [1.807, 2.05) is 82.3 Å². The molecule has 4 aromatic carbocycles. The minimum atomic E-state index is -3.75. The fourth-order valence-corrected chi connectivity index (χ4v) is 6.33. The predicted molar refractivity (Wildman–Crippen MR) is 161 cm³/mol. The highest BCUT2D eigenvalue weighted by Crippen LogP contribution is 2.48. The lowest BCUT2D eigenvalue weighted by atomic mass is 10.0. The van der Waals surface area contributed by atoms with Crippen molar-refractivity contribution in [2.24, 2.45) is 0 Å². The van der Waals surface area contributed by atoms with Gasteiger partial charge in [0, 0.05) is 0 Å². The molecule has 8 nitrogen and oxygen atoms in total. The zero-order chi connectivity index (χ0) is 28.8. The molecule has 2 N–H and O–H groups in total. The zero-order valence-corrected chi connectivity index (χ0v) is 24.6. The molecule has 0 spiro atoms. The maximum Gasteiger partial charge on any atom is 0.444 e. The number of benzene rings is 4. The SMILES string of the molecule is Cc1cc(C)cc(OP(=O)(CN[C@@H](Cc2ccc(-c3ccccc3)cc2)c2nn[nH]n2)Oc2cc(C)cc(C)c2)c1. The quantitative estimate of drug-likeness (QED) is 0.162. The number of nitrogens with one attached hydrogen (secondary N) is 2. The van der Waals surface area contributed by atoms with E-state index >= 15 is 0 Å². The van der Waals surface area contributed by atoms with Gasteiger partial charge in [-0.25, -0.2) is 4.57 Å². The molecule has 0 bridgehead atoms. The van der Waals surface area contributed by atoms with Crippen LogP contribution in [0.25, 0.3) is 11.1 Å². The molecule has 9 heteroatoms. The summed E-state index contributed by atoms with van der Waals surface area (Å²) in [4.78, 5) is 0. The summed E-state index contributed by atoms with van der Waals surface area (Å²) in [6, 6.07) is 29.7. The minimum Gasteiger partial charge on any atom is -0.415 e. The van der Waals surface area contributed by atoms with E-state index in [-0.39, 0.29) is 6.29 Å². The first-order valence-electron chi connectivity index (χ1n) is 13.5. The molecule has 5 aromatic rings. The number of nitrogens with zero attached hydrogens (tertiary/aromatic N) is 3. The molecule has 0 aliphatic heterocycles. The number of hydrogen-bond acceptors (Lipinski definition) is 7. The molecule has 1 heterocycles. The topological polar surface area (TPSA) is 102 Å². The van der Waals surface area contributed by atoms with Crippen LogP contribution in [0, 0.1) is 27.7 Å². The first-order chi connectivity index (χ1) is 19.7. The second-order valence-corrected chi connectivity index (χ2v) is 12.3. The third kappa shape index (κ3) is 7.69. The van der Waals surface area contributed by atoms with Crippen molar-refractivity contribution in [1.82, 2.24) is 25.9 Å². The second-order valence-electron chi connectivity index (χ2n) is 10.4. The van der Waals surface area contributed by atoms with E-state index in [0.717, 1.165) is 38.9 Å². The first-order valence-corrected chi connectivity index (χ1v) is 15.2. The predicted octanol–water partition coefficient (Wildman–Crippen LogP) is 7.28. The van der Waals surface area contributed by atoms with E-state index in [9.17, 15) is 4.57 Å². The normalized spacial score (nSPS) is 12.2. The van der Waals surface area contributed by atoms with E-state index < -0.39 is 13.6 Å². The number of H-pyrrole nitrogens is 1. The minimum absolute atomic E-state index is 0.0751. The number of aromatic amines is 1. The molecular formula is C32H34N5O3P. The molecule has 5 rings (SSSR count). The van der Waals surface area contributed by atoms with Crippen molar-refractivity contribution in [3.05, 3.63) is 125 Å². The number of tetrazole rings is 1. The molecule has 0 amide bonds. The van der Waals surface area contributed by atoms with Crippen LogP contribution < -0.4 is 14.4 Å². The molecule has 0 saturated carbocycles. The van der Waals surface area contributed by atoms with Gasteiger partial charge in [-0.3, -0.25) is 5.32 Å². The average molecular weight is 568 g/mol. The highest BCUT2D eigenvalue weighted by Gasteiger charge is 2.31. The lowest BCUT2D eigenvalue weighted by molar-refractivity contribution is 0.374. The summed E-state index contributed by atoms with van der Waals surface area (Å²) in [5.74, 6) is 1.44. The van der Waals surface area contributed by atoms with E-state index in [0.29, 0.717) is 23.7 Å². The smallest absolute Gasteiger partial charge is 0.415 e. The Morgan fingerprint density at radius 2 is 1.29 bits per heavy atom. The largest absolute Gasteiger partial charge is 0.444 e. The van der Waals surface area contributed by atoms with Crippen LogP contribution in [-0.2, 0) is 11.0 Å². The van der Waals surface area contributed by atoms with E-state index in [4.69, 9.17) is 9.05 Å². The highest BCUT2D eigenvalue weighted by atomic mass is 31.2. The Labute approximate surface area is 240 Å². The Hall–Kier alpha value is -4.26. The van der Waals surface area contributed by atoms with Gasteiger partial charge in [-0.15, -0.1) is 10.2 Å². The highest BCUT2D eigenvalue weighted by molar-refractivity contribution is 7.54. The van der Waals surface area contributed by atoms with Gasteiger partial charge in [0.2, 0.25) is 0 Å². The molecule has 1 atom stereocenters. The summed E-state index contributed by atoms with van der Waals surface area (Å²) >= 11 is 0. The Kier molecular flexibility index (Phi) is 8.62. The van der Waals surface area contributed by atoms with Crippen molar-refractivity contribution < 1.29 is 13.6 Å². The van der Waals surface area contributed by atoms with Gasteiger partial charge >= 0.3 is 7.60 Å². The van der Waals surface area contributed by atoms with Crippen molar-refractivity contribution in [3.8, 4) is 22.6 Å². The fourth-order valence-electron chi connectivity index (χ4n) is 4.87. The van der Waals surface area contributed by atoms with Crippen molar-refractivity contribution in [2.75, 3.05) is 6.29 Å². The molecule has 0 aliphatic rings. The summed E-state index contributed by atoms with van der Waals surface area (Å²) in [6.07, 6.45) is 0.468. The van der Waals surface area contributed by atoms with Crippen LogP contribution in [0.1, 0.15) is 39.7 Å². The van der Waals surface area contributed by atoms with Gasteiger partial charge in [0.15, 0.2) is 5.82 Å². The van der Waals surface area contributed by atoms with Crippen LogP contribution in [0.3, 0.4) is 0 Å². The van der Waals surface area contributed by atoms with Crippen LogP contribution in [-0.4, -0.2) is 26.9 Å². The van der Waals surface area contributed by atoms with Gasteiger partial charge in [-0.2, -0.15) is 5.21 Å². The third-order valence-electron chi connectivity index (χ3n) is 6.59. The van der Waals surface area contributed by atoms with E-state index in [1.54, 1.807) is 0 Å². The standard InChI is InChI=1S/C32H34N5O3P/c1-22-14-23(2)17-29(16-22)39-41(38,40-30-18-24(3)15-25(4)19-30)21-33-31(32-34-36-37-35-32)20-26-10-12-28(13-11-26)27-8-6-5-7-9-27/h5-19,31,33H,20-21H2,1-4H3,(H,34,35,36,37)/t31-/m0/s1. The second kappa shape index (κ2) is 12.5. The van der Waals surface area contributed by atoms with Gasteiger partial charge in [0.25, 0.3) is 0 Å². The Bertz CT molecular complexity index is 1540. The summed E-state index contributed by atoms with van der Waals surface area (Å²) in [7, 11) is -3.75. The van der Waals surface area contributed by atoms with Crippen LogP contribution in [0.5, 0.6) is 11.5 Å². The monoisotopic (exact) mass is 567 g/mol. The molecule has 210 valence electrons. The average Bonchev–Trinajstić information content (AvgIpc) is 3.46. The van der Waals surface area contributed by atoms with Crippen LogP contribution in [0.2, 0.25) is 0 Å². The number of aromatic nitrogens is 4. The molecular weight excluding hydrogens is 533 g/mol. The van der Waals surface area contributed by atoms with Crippen molar-refractivity contribution in [3.63, 3.8) is 0 Å². The number of rotatable bonds is 11. The Morgan fingerprint density at radius 3 is 1.80 bits per heavy atom. The Morgan fingerprint density at radius 1 is 0.756 bits per heavy atom. The zero-order valence-electron chi connectivity index (χ0n) is 23.7. The van der Waals surface area contributed by atoms with Crippen LogP contribution >= 0.6 is 7.60 Å². The van der Waals surface area contributed by atoms with Crippen LogP contribution in [0.4, 0.5) is 0 Å².